The lowest BCUT2D eigenvalue weighted by Crippen LogP contribution is -2.55. The highest BCUT2D eigenvalue weighted by atomic mass is 16.3. The third-order valence-corrected chi connectivity index (χ3v) is 7.76. The van der Waals surface area contributed by atoms with Gasteiger partial charge in [-0.25, -0.2) is 0 Å². The zero-order chi connectivity index (χ0) is 15.5. The Morgan fingerprint density at radius 2 is 2.09 bits per heavy atom. The van der Waals surface area contributed by atoms with Gasteiger partial charge in [0.05, 0.1) is 12.7 Å². The average Bonchev–Trinajstić information content (AvgIpc) is 2.83. The predicted molar refractivity (Wildman–Crippen MR) is 84.1 cm³/mol. The third-order valence-electron chi connectivity index (χ3n) is 7.76. The highest BCUT2D eigenvalue weighted by Gasteiger charge is 2.61. The summed E-state index contributed by atoms with van der Waals surface area (Å²) in [7, 11) is 0. The summed E-state index contributed by atoms with van der Waals surface area (Å²) in [6.45, 7) is 2.32. The molecule has 122 valence electrons. The average molecular weight is 304 g/mol. The maximum atomic E-state index is 12.4. The second-order valence-corrected chi connectivity index (χ2v) is 8.41. The van der Waals surface area contributed by atoms with Crippen molar-refractivity contribution in [2.45, 2.75) is 64.4 Å². The highest BCUT2D eigenvalue weighted by molar-refractivity contribution is 5.87. The van der Waals surface area contributed by atoms with E-state index in [-0.39, 0.29) is 17.4 Å². The first kappa shape index (κ1) is 14.9. The van der Waals surface area contributed by atoms with Gasteiger partial charge in [-0.3, -0.25) is 4.79 Å². The van der Waals surface area contributed by atoms with Crippen molar-refractivity contribution in [1.29, 1.82) is 0 Å². The molecular formula is C19H28O3. The Bertz CT molecular complexity index is 525. The van der Waals surface area contributed by atoms with Crippen molar-refractivity contribution < 1.29 is 15.0 Å². The molecule has 4 rings (SSSR count). The standard InChI is InChI=1S/C19H28O3/c1-18-9-7-14-12(13(18)5-6-17(18)22)10-16(21)15-4-2-3-8-19(14,15)11-20/h4,12-14,16,20-21H,2-3,5-11H2,1H3/t12-,13-,14-,16-,18-,19-/m0/s1. The molecule has 3 heteroatoms. The quantitative estimate of drug-likeness (QED) is 0.732. The number of carbonyl (C=O) groups is 1. The Hall–Kier alpha value is -0.670. The van der Waals surface area contributed by atoms with E-state index in [9.17, 15) is 15.0 Å². The highest BCUT2D eigenvalue weighted by Crippen LogP contribution is 2.64. The number of aliphatic hydroxyl groups is 2. The van der Waals surface area contributed by atoms with Gasteiger partial charge in [0, 0.05) is 17.3 Å². The SMILES string of the molecule is C[C@]12CC[C@H]3[C@@H](C[C@H](O)C4=CCCC[C@@]43CO)[C@@H]1CCC2=O. The van der Waals surface area contributed by atoms with Crippen LogP contribution in [0.25, 0.3) is 0 Å². The van der Waals surface area contributed by atoms with Crippen LogP contribution < -0.4 is 0 Å². The zero-order valence-electron chi connectivity index (χ0n) is 13.6. The summed E-state index contributed by atoms with van der Waals surface area (Å²) in [5, 5.41) is 21.0. The molecule has 0 spiro atoms. The Labute approximate surface area is 132 Å². The molecule has 0 aromatic rings. The molecule has 0 radical (unpaired) electrons. The van der Waals surface area contributed by atoms with Crippen LogP contribution in [0.5, 0.6) is 0 Å². The summed E-state index contributed by atoms with van der Waals surface area (Å²) < 4.78 is 0. The fourth-order valence-electron chi connectivity index (χ4n) is 6.64. The fourth-order valence-corrected chi connectivity index (χ4v) is 6.64. The molecule has 0 aromatic carbocycles. The summed E-state index contributed by atoms with van der Waals surface area (Å²) in [4.78, 5) is 12.4. The summed E-state index contributed by atoms with van der Waals surface area (Å²) in [6.07, 6.45) is 9.46. The number of ketones is 1. The molecule has 2 N–H and O–H groups in total. The fraction of sp³-hybridized carbons (Fsp3) is 0.842. The van der Waals surface area contributed by atoms with Gasteiger partial charge < -0.3 is 10.2 Å². The lowest BCUT2D eigenvalue weighted by atomic mass is 9.46. The van der Waals surface area contributed by atoms with E-state index in [1.807, 2.05) is 0 Å². The largest absolute Gasteiger partial charge is 0.395 e. The molecule has 4 aliphatic rings. The van der Waals surface area contributed by atoms with Gasteiger partial charge in [0.25, 0.3) is 0 Å². The summed E-state index contributed by atoms with van der Waals surface area (Å²) in [5.41, 5.74) is 0.761. The Balaban J connectivity index is 1.75. The van der Waals surface area contributed by atoms with Crippen LogP contribution in [0.1, 0.15) is 58.3 Å². The van der Waals surface area contributed by atoms with Gasteiger partial charge in [0.15, 0.2) is 0 Å². The molecule has 0 aromatic heterocycles. The molecule has 0 bridgehead atoms. The predicted octanol–water partition coefficient (Wildman–Crippen LogP) is 2.85. The number of hydrogen-bond donors (Lipinski definition) is 2. The van der Waals surface area contributed by atoms with E-state index < -0.39 is 6.10 Å². The van der Waals surface area contributed by atoms with Crippen molar-refractivity contribution in [2.75, 3.05) is 6.61 Å². The van der Waals surface area contributed by atoms with Crippen LogP contribution in [0.3, 0.4) is 0 Å². The van der Waals surface area contributed by atoms with Crippen LogP contribution in [0.4, 0.5) is 0 Å². The number of allylic oxidation sites excluding steroid dienone is 1. The van der Waals surface area contributed by atoms with E-state index >= 15 is 0 Å². The van der Waals surface area contributed by atoms with Crippen molar-refractivity contribution in [3.63, 3.8) is 0 Å². The Morgan fingerprint density at radius 3 is 2.86 bits per heavy atom. The molecule has 0 amide bonds. The molecule has 0 unspecified atom stereocenters. The second-order valence-electron chi connectivity index (χ2n) is 8.41. The minimum absolute atomic E-state index is 0.159. The van der Waals surface area contributed by atoms with Crippen LogP contribution in [0, 0.1) is 28.6 Å². The second kappa shape index (κ2) is 4.91. The summed E-state index contributed by atoms with van der Waals surface area (Å²) in [5.74, 6) is 1.72. The summed E-state index contributed by atoms with van der Waals surface area (Å²) in [6, 6.07) is 0. The van der Waals surface area contributed by atoms with Gasteiger partial charge in [0.2, 0.25) is 0 Å². The van der Waals surface area contributed by atoms with Gasteiger partial charge >= 0.3 is 0 Å². The molecule has 0 heterocycles. The van der Waals surface area contributed by atoms with E-state index in [1.165, 1.54) is 0 Å². The molecule has 0 aliphatic heterocycles. The molecule has 3 fully saturated rings. The summed E-state index contributed by atoms with van der Waals surface area (Å²) >= 11 is 0. The first-order valence-corrected chi connectivity index (χ1v) is 9.06. The molecule has 0 saturated heterocycles. The van der Waals surface area contributed by atoms with Crippen LogP contribution in [-0.4, -0.2) is 28.7 Å². The van der Waals surface area contributed by atoms with Crippen molar-refractivity contribution in [3.8, 4) is 0 Å². The van der Waals surface area contributed by atoms with E-state index in [1.54, 1.807) is 0 Å². The molecular weight excluding hydrogens is 276 g/mol. The topological polar surface area (TPSA) is 57.5 Å². The van der Waals surface area contributed by atoms with Crippen molar-refractivity contribution in [1.82, 2.24) is 0 Å². The molecule has 22 heavy (non-hydrogen) atoms. The number of hydrogen-bond acceptors (Lipinski definition) is 3. The van der Waals surface area contributed by atoms with E-state index in [2.05, 4.69) is 13.0 Å². The zero-order valence-corrected chi connectivity index (χ0v) is 13.6. The Kier molecular flexibility index (Phi) is 3.32. The lowest BCUT2D eigenvalue weighted by molar-refractivity contribution is -0.136. The maximum Gasteiger partial charge on any atom is 0.139 e. The van der Waals surface area contributed by atoms with E-state index in [0.717, 1.165) is 56.9 Å². The number of Topliss-reactive ketones (excluding diaryl/α,β-unsaturated/α-hetero) is 1. The van der Waals surface area contributed by atoms with Crippen LogP contribution in [0.2, 0.25) is 0 Å². The van der Waals surface area contributed by atoms with Gasteiger partial charge in [-0.1, -0.05) is 13.0 Å². The number of aliphatic hydroxyl groups excluding tert-OH is 2. The Morgan fingerprint density at radius 1 is 1.27 bits per heavy atom. The number of rotatable bonds is 1. The minimum Gasteiger partial charge on any atom is -0.395 e. The minimum atomic E-state index is -0.410. The maximum absolute atomic E-state index is 12.4. The van der Waals surface area contributed by atoms with Crippen LogP contribution >= 0.6 is 0 Å². The number of carbonyl (C=O) groups excluding carboxylic acids is 1. The smallest absolute Gasteiger partial charge is 0.139 e. The van der Waals surface area contributed by atoms with Crippen LogP contribution in [0.15, 0.2) is 11.6 Å². The van der Waals surface area contributed by atoms with Gasteiger partial charge in [-0.2, -0.15) is 0 Å². The number of fused-ring (bicyclic) bond motifs is 5. The molecule has 3 nitrogen and oxygen atoms in total. The van der Waals surface area contributed by atoms with Crippen molar-refractivity contribution >= 4 is 5.78 Å². The molecule has 4 aliphatic carbocycles. The molecule has 6 atom stereocenters. The van der Waals surface area contributed by atoms with Gasteiger partial charge in [-0.15, -0.1) is 0 Å². The van der Waals surface area contributed by atoms with Gasteiger partial charge in [0.1, 0.15) is 5.78 Å². The lowest BCUT2D eigenvalue weighted by Gasteiger charge is -2.58. The van der Waals surface area contributed by atoms with Gasteiger partial charge in [-0.05, 0) is 68.3 Å². The first-order chi connectivity index (χ1) is 10.5. The van der Waals surface area contributed by atoms with Crippen LogP contribution in [-0.2, 0) is 4.79 Å². The third kappa shape index (κ3) is 1.73. The van der Waals surface area contributed by atoms with Crippen molar-refractivity contribution in [3.05, 3.63) is 11.6 Å². The monoisotopic (exact) mass is 304 g/mol. The molecule has 3 saturated carbocycles. The van der Waals surface area contributed by atoms with E-state index in [4.69, 9.17) is 0 Å². The van der Waals surface area contributed by atoms with E-state index in [0.29, 0.717) is 23.5 Å². The van der Waals surface area contributed by atoms with Crippen molar-refractivity contribution in [2.24, 2.45) is 28.6 Å². The first-order valence-electron chi connectivity index (χ1n) is 9.06. The normalized spacial score (nSPS) is 50.9.